The molecular weight excluding hydrogens is 408 g/mol. The lowest BCUT2D eigenvalue weighted by Crippen LogP contribution is -2.53. The molecule has 0 bridgehead atoms. The van der Waals surface area contributed by atoms with Crippen LogP contribution in [0.2, 0.25) is 0 Å². The molecule has 2 saturated heterocycles. The first-order valence-corrected chi connectivity index (χ1v) is 10.6. The summed E-state index contributed by atoms with van der Waals surface area (Å²) in [7, 11) is 0. The Morgan fingerprint density at radius 3 is 2.47 bits per heavy atom. The lowest BCUT2D eigenvalue weighted by Gasteiger charge is -2.29. The zero-order chi connectivity index (χ0) is 22.8. The first-order valence-electron chi connectivity index (χ1n) is 10.6. The van der Waals surface area contributed by atoms with Crippen LogP contribution in [0.4, 0.5) is 5.69 Å². The number of nitrogens with two attached hydrogens (primary N) is 1. The monoisotopic (exact) mass is 432 g/mol. The van der Waals surface area contributed by atoms with E-state index in [1.807, 2.05) is 56.3 Å². The van der Waals surface area contributed by atoms with Gasteiger partial charge in [-0.15, -0.1) is 0 Å². The molecule has 3 heterocycles. The first kappa shape index (κ1) is 20.4. The van der Waals surface area contributed by atoms with Gasteiger partial charge in [0.25, 0.3) is 0 Å². The van der Waals surface area contributed by atoms with E-state index in [1.54, 1.807) is 0 Å². The Kier molecular flexibility index (Phi) is 4.46. The van der Waals surface area contributed by atoms with Crippen LogP contribution in [-0.2, 0) is 31.3 Å². The van der Waals surface area contributed by atoms with Crippen LogP contribution in [0.25, 0.3) is 0 Å². The molecule has 1 spiro atoms. The van der Waals surface area contributed by atoms with Crippen molar-refractivity contribution in [3.8, 4) is 0 Å². The van der Waals surface area contributed by atoms with Crippen LogP contribution >= 0.6 is 0 Å². The van der Waals surface area contributed by atoms with Crippen molar-refractivity contribution in [3.05, 3.63) is 64.7 Å². The number of amides is 4. The minimum absolute atomic E-state index is 0.117. The molecule has 164 valence electrons. The molecule has 4 amide bonds. The summed E-state index contributed by atoms with van der Waals surface area (Å²) >= 11 is 0. The lowest BCUT2D eigenvalue weighted by atomic mass is 9.76. The SMILES string of the molecule is Cc1ccc2c(c1C)NC(=O)[C@]21N[C@H](CC(N)=O)[C@H]2C(=O)N(Cc3ccccc3)C(=O)[C@@H]21. The van der Waals surface area contributed by atoms with E-state index < -0.39 is 35.2 Å². The van der Waals surface area contributed by atoms with Gasteiger partial charge in [0.2, 0.25) is 23.6 Å². The average Bonchev–Trinajstić information content (AvgIpc) is 3.32. The molecule has 5 rings (SSSR count). The number of imide groups is 1. The van der Waals surface area contributed by atoms with Gasteiger partial charge in [0.15, 0.2) is 0 Å². The third-order valence-electron chi connectivity index (χ3n) is 7.12. The van der Waals surface area contributed by atoms with Crippen molar-refractivity contribution in [1.82, 2.24) is 10.2 Å². The fourth-order valence-electron chi connectivity index (χ4n) is 5.49. The van der Waals surface area contributed by atoms with Crippen molar-refractivity contribution < 1.29 is 19.2 Å². The maximum absolute atomic E-state index is 13.7. The van der Waals surface area contributed by atoms with Gasteiger partial charge in [-0.25, -0.2) is 0 Å². The molecular formula is C24H24N4O4. The highest BCUT2D eigenvalue weighted by Gasteiger charge is 2.70. The lowest BCUT2D eigenvalue weighted by molar-refractivity contribution is -0.143. The zero-order valence-corrected chi connectivity index (χ0v) is 17.8. The number of fused-ring (bicyclic) bond motifs is 4. The van der Waals surface area contributed by atoms with Gasteiger partial charge in [-0.1, -0.05) is 42.5 Å². The number of rotatable bonds is 4. The third-order valence-corrected chi connectivity index (χ3v) is 7.12. The predicted octanol–water partition coefficient (Wildman–Crippen LogP) is 1.10. The minimum Gasteiger partial charge on any atom is -0.370 e. The van der Waals surface area contributed by atoms with Crippen LogP contribution < -0.4 is 16.4 Å². The number of carbonyl (C=O) groups excluding carboxylic acids is 4. The zero-order valence-electron chi connectivity index (χ0n) is 17.8. The van der Waals surface area contributed by atoms with Gasteiger partial charge in [-0.2, -0.15) is 0 Å². The number of carbonyl (C=O) groups is 4. The molecule has 2 aromatic rings. The number of anilines is 1. The van der Waals surface area contributed by atoms with Gasteiger partial charge < -0.3 is 11.1 Å². The fourth-order valence-corrected chi connectivity index (χ4v) is 5.49. The maximum atomic E-state index is 13.7. The summed E-state index contributed by atoms with van der Waals surface area (Å²) in [6.45, 7) is 3.97. The second-order valence-electron chi connectivity index (χ2n) is 8.87. The summed E-state index contributed by atoms with van der Waals surface area (Å²) in [4.78, 5) is 53.6. The topological polar surface area (TPSA) is 122 Å². The van der Waals surface area contributed by atoms with E-state index in [0.29, 0.717) is 11.3 Å². The van der Waals surface area contributed by atoms with E-state index in [9.17, 15) is 19.2 Å². The van der Waals surface area contributed by atoms with Crippen molar-refractivity contribution in [1.29, 1.82) is 0 Å². The van der Waals surface area contributed by atoms with E-state index in [4.69, 9.17) is 5.73 Å². The van der Waals surface area contributed by atoms with Crippen molar-refractivity contribution in [2.75, 3.05) is 5.32 Å². The van der Waals surface area contributed by atoms with Crippen LogP contribution in [0.3, 0.4) is 0 Å². The molecule has 4 atom stereocenters. The molecule has 4 N–H and O–H groups in total. The Balaban J connectivity index is 1.63. The van der Waals surface area contributed by atoms with Crippen LogP contribution in [-0.4, -0.2) is 34.6 Å². The van der Waals surface area contributed by atoms with Crippen LogP contribution in [0.5, 0.6) is 0 Å². The van der Waals surface area contributed by atoms with Gasteiger partial charge in [0.1, 0.15) is 5.54 Å². The second-order valence-corrected chi connectivity index (χ2v) is 8.87. The number of benzene rings is 2. The largest absolute Gasteiger partial charge is 0.370 e. The molecule has 3 aliphatic heterocycles. The molecule has 8 nitrogen and oxygen atoms in total. The molecule has 0 aromatic heterocycles. The van der Waals surface area contributed by atoms with Gasteiger partial charge in [-0.05, 0) is 30.5 Å². The minimum atomic E-state index is -1.42. The van der Waals surface area contributed by atoms with Gasteiger partial charge in [-0.3, -0.25) is 29.4 Å². The van der Waals surface area contributed by atoms with E-state index in [1.165, 1.54) is 4.90 Å². The molecule has 3 aliphatic rings. The molecule has 2 fully saturated rings. The van der Waals surface area contributed by atoms with E-state index in [0.717, 1.165) is 16.7 Å². The Bertz CT molecular complexity index is 1180. The number of hydrogen-bond donors (Lipinski definition) is 3. The standard InChI is InChI=1S/C24H24N4O4/c1-12-8-9-15-20(13(12)2)26-23(32)24(15)19-18(16(27-24)10-17(25)29)21(30)28(22(19)31)11-14-6-4-3-5-7-14/h3-9,16,18-19,27H,10-11H2,1-2H3,(H2,25,29)(H,26,32)/t16-,18-,19-,24+/m1/s1. The van der Waals surface area contributed by atoms with Gasteiger partial charge in [0.05, 0.1) is 18.4 Å². The first-order chi connectivity index (χ1) is 15.3. The Labute approximate surface area is 185 Å². The maximum Gasteiger partial charge on any atom is 0.250 e. The summed E-state index contributed by atoms with van der Waals surface area (Å²) in [5, 5.41) is 6.14. The third kappa shape index (κ3) is 2.65. The smallest absolute Gasteiger partial charge is 0.250 e. The summed E-state index contributed by atoms with van der Waals surface area (Å²) in [6.07, 6.45) is -0.144. The summed E-state index contributed by atoms with van der Waals surface area (Å²) < 4.78 is 0. The molecule has 8 heteroatoms. The molecule has 2 aromatic carbocycles. The average molecular weight is 432 g/mol. The van der Waals surface area contributed by atoms with Crippen molar-refractivity contribution >= 4 is 29.3 Å². The Morgan fingerprint density at radius 1 is 1.06 bits per heavy atom. The normalized spacial score (nSPS) is 28.2. The number of hydrogen-bond acceptors (Lipinski definition) is 5. The van der Waals surface area contributed by atoms with Crippen LogP contribution in [0, 0.1) is 25.7 Å². The Morgan fingerprint density at radius 2 is 1.78 bits per heavy atom. The molecule has 0 saturated carbocycles. The van der Waals surface area contributed by atoms with Gasteiger partial charge in [0, 0.05) is 23.7 Å². The van der Waals surface area contributed by atoms with Crippen molar-refractivity contribution in [2.45, 2.75) is 38.4 Å². The van der Waals surface area contributed by atoms with Crippen LogP contribution in [0.1, 0.15) is 28.7 Å². The number of aryl methyl sites for hydroxylation is 1. The van der Waals surface area contributed by atoms with E-state index in [2.05, 4.69) is 10.6 Å². The predicted molar refractivity (Wildman–Crippen MR) is 116 cm³/mol. The van der Waals surface area contributed by atoms with Crippen molar-refractivity contribution in [3.63, 3.8) is 0 Å². The highest BCUT2D eigenvalue weighted by atomic mass is 16.2. The number of likely N-dealkylation sites (tertiary alicyclic amines) is 1. The van der Waals surface area contributed by atoms with E-state index >= 15 is 0 Å². The number of nitrogens with one attached hydrogen (secondary N) is 2. The molecule has 32 heavy (non-hydrogen) atoms. The fraction of sp³-hybridized carbons (Fsp3) is 0.333. The molecule has 0 unspecified atom stereocenters. The summed E-state index contributed by atoms with van der Waals surface area (Å²) in [6, 6.07) is 12.2. The highest BCUT2D eigenvalue weighted by Crippen LogP contribution is 2.54. The molecule has 0 aliphatic carbocycles. The summed E-state index contributed by atoms with van der Waals surface area (Å²) in [5.41, 5.74) is 8.05. The van der Waals surface area contributed by atoms with Gasteiger partial charge >= 0.3 is 0 Å². The second kappa shape index (κ2) is 7.00. The van der Waals surface area contributed by atoms with Crippen LogP contribution in [0.15, 0.2) is 42.5 Å². The van der Waals surface area contributed by atoms with E-state index in [-0.39, 0.29) is 24.8 Å². The number of primary amides is 1. The Hall–Kier alpha value is -3.52. The number of nitrogens with zero attached hydrogens (tertiary/aromatic N) is 1. The highest BCUT2D eigenvalue weighted by molar-refractivity contribution is 6.15. The summed E-state index contributed by atoms with van der Waals surface area (Å²) in [5.74, 6) is -3.58. The van der Waals surface area contributed by atoms with Crippen molar-refractivity contribution in [2.24, 2.45) is 17.6 Å². The molecule has 0 radical (unpaired) electrons. The quantitative estimate of drug-likeness (QED) is 0.625.